The largest absolute Gasteiger partial charge is 0.384 e. The Morgan fingerprint density at radius 3 is 2.74 bits per heavy atom. The number of hydrogen-bond acceptors (Lipinski definition) is 4. The summed E-state index contributed by atoms with van der Waals surface area (Å²) in [6.07, 6.45) is 5.82. The molecule has 2 heterocycles. The topological polar surface area (TPSA) is 68.7 Å². The van der Waals surface area contributed by atoms with Crippen LogP contribution in [0.3, 0.4) is 0 Å². The number of para-hydroxylation sites is 1. The number of ketones is 1. The average molecular weight is 464 g/mol. The first-order valence-corrected chi connectivity index (χ1v) is 12.4. The lowest BCUT2D eigenvalue weighted by molar-refractivity contribution is -0.113. The van der Waals surface area contributed by atoms with Gasteiger partial charge >= 0.3 is 0 Å². The van der Waals surface area contributed by atoms with Crippen LogP contribution in [0.2, 0.25) is 0 Å². The minimum atomic E-state index is -0.0549. The van der Waals surface area contributed by atoms with E-state index < -0.39 is 0 Å². The Labute approximate surface area is 203 Å². The van der Waals surface area contributed by atoms with E-state index in [2.05, 4.69) is 63.7 Å². The molecule has 0 spiro atoms. The van der Waals surface area contributed by atoms with Crippen molar-refractivity contribution in [2.45, 2.75) is 25.7 Å². The molecule has 34 heavy (non-hydrogen) atoms. The molecule has 0 aliphatic heterocycles. The van der Waals surface area contributed by atoms with Gasteiger partial charge in [-0.2, -0.15) is 16.6 Å². The third kappa shape index (κ3) is 4.33. The zero-order valence-electron chi connectivity index (χ0n) is 19.0. The van der Waals surface area contributed by atoms with E-state index in [4.69, 9.17) is 0 Å². The van der Waals surface area contributed by atoms with Crippen molar-refractivity contribution >= 4 is 33.6 Å². The van der Waals surface area contributed by atoms with Gasteiger partial charge < -0.3 is 10.3 Å². The highest BCUT2D eigenvalue weighted by Crippen LogP contribution is 2.41. The van der Waals surface area contributed by atoms with Gasteiger partial charge in [0.2, 0.25) is 0 Å². The molecule has 5 heteroatoms. The molecule has 2 aromatic carbocycles. The number of aromatic nitrogens is 1. The van der Waals surface area contributed by atoms with Crippen molar-refractivity contribution in [2.24, 2.45) is 0 Å². The van der Waals surface area contributed by atoms with Crippen molar-refractivity contribution in [3.63, 3.8) is 0 Å². The first kappa shape index (κ1) is 21.9. The summed E-state index contributed by atoms with van der Waals surface area (Å²) in [7, 11) is 0. The van der Waals surface area contributed by atoms with Crippen LogP contribution in [-0.2, 0) is 11.2 Å². The minimum Gasteiger partial charge on any atom is -0.384 e. The van der Waals surface area contributed by atoms with Crippen molar-refractivity contribution in [1.29, 1.82) is 5.26 Å². The second-order valence-corrected chi connectivity index (χ2v) is 9.37. The van der Waals surface area contributed by atoms with E-state index in [1.807, 2.05) is 30.3 Å². The van der Waals surface area contributed by atoms with Crippen LogP contribution < -0.4 is 5.32 Å². The zero-order valence-corrected chi connectivity index (χ0v) is 19.8. The fraction of sp³-hybridized carbons (Fsp3) is 0.172. The maximum absolute atomic E-state index is 12.9. The van der Waals surface area contributed by atoms with Crippen LogP contribution in [0.15, 0.2) is 88.9 Å². The van der Waals surface area contributed by atoms with E-state index in [1.54, 1.807) is 18.3 Å². The lowest BCUT2D eigenvalue weighted by Gasteiger charge is -2.28. The average Bonchev–Trinajstić information content (AvgIpc) is 3.54. The zero-order chi connectivity index (χ0) is 23.5. The smallest absolute Gasteiger partial charge is 0.158 e. The van der Waals surface area contributed by atoms with Gasteiger partial charge in [0.1, 0.15) is 0 Å². The number of nitriles is 1. The number of nitrogens with one attached hydrogen (secondary N) is 2. The number of aromatic amines is 1. The van der Waals surface area contributed by atoms with Crippen LogP contribution in [0, 0.1) is 11.3 Å². The van der Waals surface area contributed by atoms with Crippen molar-refractivity contribution in [3.05, 3.63) is 111 Å². The lowest BCUT2D eigenvalue weighted by Crippen LogP contribution is -2.25. The summed E-state index contributed by atoms with van der Waals surface area (Å²) in [5.74, 6) is 0.0188. The fourth-order valence-electron chi connectivity index (χ4n) is 4.79. The maximum Gasteiger partial charge on any atom is 0.158 e. The van der Waals surface area contributed by atoms with Gasteiger partial charge in [0.15, 0.2) is 5.78 Å². The van der Waals surface area contributed by atoms with Crippen molar-refractivity contribution in [3.8, 4) is 6.07 Å². The van der Waals surface area contributed by atoms with Crippen LogP contribution in [0.25, 0.3) is 16.5 Å². The molecule has 0 saturated carbocycles. The molecule has 4 aromatic rings. The second kappa shape index (κ2) is 9.54. The van der Waals surface area contributed by atoms with Crippen molar-refractivity contribution < 1.29 is 4.79 Å². The fourth-order valence-corrected chi connectivity index (χ4v) is 5.48. The van der Waals surface area contributed by atoms with Crippen LogP contribution in [-0.4, -0.2) is 17.3 Å². The first-order chi connectivity index (χ1) is 16.6. The van der Waals surface area contributed by atoms with Gasteiger partial charge in [-0.25, -0.2) is 0 Å². The van der Waals surface area contributed by atoms with Gasteiger partial charge in [0.25, 0.3) is 0 Å². The minimum absolute atomic E-state index is 0.0549. The number of rotatable bonds is 7. The van der Waals surface area contributed by atoms with Gasteiger partial charge in [-0.1, -0.05) is 30.3 Å². The molecule has 0 radical (unpaired) electrons. The van der Waals surface area contributed by atoms with Crippen molar-refractivity contribution in [1.82, 2.24) is 10.3 Å². The van der Waals surface area contributed by atoms with E-state index in [0.717, 1.165) is 41.7 Å². The number of benzene rings is 2. The van der Waals surface area contributed by atoms with Crippen LogP contribution in [0.5, 0.6) is 0 Å². The number of hydrogen-bond donors (Lipinski definition) is 2. The van der Waals surface area contributed by atoms with E-state index in [0.29, 0.717) is 5.56 Å². The molecule has 1 aliphatic carbocycles. The van der Waals surface area contributed by atoms with Crippen molar-refractivity contribution in [2.75, 3.05) is 6.54 Å². The Hall–Kier alpha value is -3.88. The number of Topliss-reactive ketones (excluding diaryl/α,β-unsaturated/α-hetero) is 1. The quantitative estimate of drug-likeness (QED) is 0.336. The van der Waals surface area contributed by atoms with Gasteiger partial charge in [-0.05, 0) is 83.1 Å². The Morgan fingerprint density at radius 1 is 1.18 bits per heavy atom. The summed E-state index contributed by atoms with van der Waals surface area (Å²) >= 11 is 1.68. The normalized spacial score (nSPS) is 15.8. The Kier molecular flexibility index (Phi) is 6.16. The highest BCUT2D eigenvalue weighted by atomic mass is 32.1. The molecule has 2 aromatic heterocycles. The monoisotopic (exact) mass is 463 g/mol. The predicted molar refractivity (Wildman–Crippen MR) is 139 cm³/mol. The van der Waals surface area contributed by atoms with Crippen LogP contribution >= 0.6 is 11.3 Å². The summed E-state index contributed by atoms with van der Waals surface area (Å²) < 4.78 is 0. The molecule has 5 rings (SSSR count). The molecule has 0 amide bonds. The Balaban J connectivity index is 1.48. The number of allylic oxidation sites excluding steroid dienone is 3. The predicted octanol–water partition coefficient (Wildman–Crippen LogP) is 6.35. The molecule has 168 valence electrons. The molecule has 0 fully saturated rings. The summed E-state index contributed by atoms with van der Waals surface area (Å²) in [6.45, 7) is 2.37. The lowest BCUT2D eigenvalue weighted by atomic mass is 9.77. The number of fused-ring (bicyclic) bond motifs is 1. The number of nitrogens with zero attached hydrogens (tertiary/aromatic N) is 1. The van der Waals surface area contributed by atoms with Gasteiger partial charge in [0, 0.05) is 40.8 Å². The third-order valence-corrected chi connectivity index (χ3v) is 7.16. The molecular formula is C29H25N3OS. The summed E-state index contributed by atoms with van der Waals surface area (Å²) in [5.41, 5.74) is 8.20. The second-order valence-electron chi connectivity index (χ2n) is 8.59. The Morgan fingerprint density at radius 2 is 2.00 bits per heavy atom. The number of carbonyl (C=O) groups is 1. The summed E-state index contributed by atoms with van der Waals surface area (Å²) in [5, 5.41) is 18.3. The number of carbonyl (C=O) groups excluding carboxylic acids is 1. The summed E-state index contributed by atoms with van der Waals surface area (Å²) in [6, 6.07) is 20.3. The Bertz CT molecular complexity index is 1430. The van der Waals surface area contributed by atoms with Gasteiger partial charge in [-0.15, -0.1) is 0 Å². The molecule has 4 nitrogen and oxygen atoms in total. The molecule has 1 atom stereocenters. The molecule has 1 aliphatic rings. The number of H-pyrrole nitrogens is 1. The molecule has 0 saturated heterocycles. The van der Waals surface area contributed by atoms with E-state index in [9.17, 15) is 10.1 Å². The standard InChI is InChI=1S/C29H25N3OS/c1-19(33)29-26(21-8-6-20(16-30)7-9-21)14-24(23-11-13-34-18-23)15-28(29)31-12-10-22-17-32-27-5-3-2-4-25(22)27/h2-9,11,13,15,17-18,26,31-32H,10,12,14H2,1H3. The SMILES string of the molecule is CC(=O)C1=C(NCCc2c[nH]c3ccccc23)C=C(c2ccsc2)CC1c1ccc(C#N)cc1. The third-order valence-electron chi connectivity index (χ3n) is 6.48. The molecular weight excluding hydrogens is 438 g/mol. The van der Waals surface area contributed by atoms with Gasteiger partial charge in [0.05, 0.1) is 11.6 Å². The molecule has 1 unspecified atom stereocenters. The van der Waals surface area contributed by atoms with Crippen LogP contribution in [0.4, 0.5) is 0 Å². The van der Waals surface area contributed by atoms with E-state index in [-0.39, 0.29) is 11.7 Å². The highest BCUT2D eigenvalue weighted by Gasteiger charge is 2.29. The molecule has 2 N–H and O–H groups in total. The highest BCUT2D eigenvalue weighted by molar-refractivity contribution is 7.08. The maximum atomic E-state index is 12.9. The van der Waals surface area contributed by atoms with E-state index in [1.165, 1.54) is 22.1 Å². The van der Waals surface area contributed by atoms with Crippen LogP contribution in [0.1, 0.15) is 41.5 Å². The first-order valence-electron chi connectivity index (χ1n) is 11.4. The van der Waals surface area contributed by atoms with Gasteiger partial charge in [-0.3, -0.25) is 4.79 Å². The summed E-state index contributed by atoms with van der Waals surface area (Å²) in [4.78, 5) is 16.2. The number of thiophene rings is 1. The van der Waals surface area contributed by atoms with E-state index >= 15 is 0 Å². The molecule has 0 bridgehead atoms.